The normalized spacial score (nSPS) is 11.5. The fourth-order valence-electron chi connectivity index (χ4n) is 0.754. The van der Waals surface area contributed by atoms with Gasteiger partial charge in [0.1, 0.15) is 11.7 Å². The van der Waals surface area contributed by atoms with Crippen LogP contribution in [0.3, 0.4) is 0 Å². The van der Waals surface area contributed by atoms with E-state index >= 15 is 0 Å². The molecular formula is C9H16N2O2S2. The lowest BCUT2D eigenvalue weighted by Gasteiger charge is -2.06. The molecule has 15 heavy (non-hydrogen) atoms. The van der Waals surface area contributed by atoms with Crippen LogP contribution in [0.4, 0.5) is 0 Å². The van der Waals surface area contributed by atoms with E-state index in [2.05, 4.69) is 11.0 Å². The maximum Gasteiger partial charge on any atom is 0.190 e. The van der Waals surface area contributed by atoms with Gasteiger partial charge in [0.05, 0.1) is 12.1 Å². The highest BCUT2D eigenvalue weighted by Crippen LogP contribution is 2.14. The Balaban J connectivity index is 4.36. The van der Waals surface area contributed by atoms with E-state index in [4.69, 9.17) is 9.88 Å². The number of nitrogens with zero attached hydrogens (tertiary/aromatic N) is 1. The second-order valence-electron chi connectivity index (χ2n) is 2.47. The number of ether oxygens (including phenoxy) is 1. The summed E-state index contributed by atoms with van der Waals surface area (Å²) in [5.74, 6) is 0.672. The number of hydrogen-bond donors (Lipinski definition) is 1. The van der Waals surface area contributed by atoms with Gasteiger partial charge in [-0.05, 0) is 12.7 Å². The van der Waals surface area contributed by atoms with Crippen molar-refractivity contribution in [2.24, 2.45) is 9.54 Å². The molecule has 0 fully saturated rings. The third-order valence-electron chi connectivity index (χ3n) is 1.45. The zero-order valence-corrected chi connectivity index (χ0v) is 10.6. The number of carbonyl (C=O) groups is 1. The molecule has 0 aliphatic rings. The van der Waals surface area contributed by atoms with Crippen molar-refractivity contribution in [3.05, 3.63) is 12.2 Å². The molecule has 0 spiro atoms. The highest BCUT2D eigenvalue weighted by molar-refractivity contribution is 8.15. The van der Waals surface area contributed by atoms with Crippen LogP contribution in [0.25, 0.3) is 0 Å². The Kier molecular flexibility index (Phi) is 8.79. The highest BCUT2D eigenvalue weighted by Gasteiger charge is 2.13. The minimum absolute atomic E-state index is 0.0495. The molecule has 0 saturated carbocycles. The molecule has 0 aliphatic heterocycles. The van der Waals surface area contributed by atoms with Gasteiger partial charge in [0.2, 0.25) is 0 Å². The summed E-state index contributed by atoms with van der Waals surface area (Å²) >= 11 is 2.28. The Morgan fingerprint density at radius 1 is 1.53 bits per heavy atom. The lowest BCUT2D eigenvalue weighted by atomic mass is 10.2. The van der Waals surface area contributed by atoms with Crippen molar-refractivity contribution in [2.45, 2.75) is 13.8 Å². The topological polar surface area (TPSA) is 64.7 Å². The lowest BCUT2D eigenvalue weighted by Crippen LogP contribution is -2.15. The monoisotopic (exact) mass is 248 g/mol. The predicted octanol–water partition coefficient (Wildman–Crippen LogP) is 1.82. The largest absolute Gasteiger partial charge is 0.374 e. The minimum Gasteiger partial charge on any atom is -0.374 e. The second kappa shape index (κ2) is 8.96. The van der Waals surface area contributed by atoms with Crippen LogP contribution in [0, 0.1) is 0 Å². The standard InChI is InChI=1S/C9H16N2O2S2/c1-4-13-6-8(12)7(3)9(11-15-10)14-5-2/h3-6,10H2,1-2H3/b11-9+. The third kappa shape index (κ3) is 5.99. The van der Waals surface area contributed by atoms with Gasteiger partial charge < -0.3 is 4.74 Å². The van der Waals surface area contributed by atoms with E-state index in [0.717, 1.165) is 17.9 Å². The van der Waals surface area contributed by atoms with E-state index in [-0.39, 0.29) is 12.4 Å². The Bertz CT molecular complexity index is 254. The van der Waals surface area contributed by atoms with Gasteiger partial charge in [-0.25, -0.2) is 0 Å². The van der Waals surface area contributed by atoms with Crippen LogP contribution < -0.4 is 5.14 Å². The molecule has 0 aromatic rings. The van der Waals surface area contributed by atoms with Crippen molar-refractivity contribution in [3.8, 4) is 0 Å². The van der Waals surface area contributed by atoms with E-state index in [1.54, 1.807) is 0 Å². The van der Waals surface area contributed by atoms with Gasteiger partial charge in [0, 0.05) is 12.2 Å². The SMILES string of the molecule is C=C(C(=O)COCC)/C(=N\SN)SCC. The second-order valence-corrected chi connectivity index (χ2v) is 4.12. The van der Waals surface area contributed by atoms with Gasteiger partial charge in [-0.15, -0.1) is 11.8 Å². The molecule has 6 heteroatoms. The van der Waals surface area contributed by atoms with Crippen LogP contribution >= 0.6 is 23.9 Å². The van der Waals surface area contributed by atoms with E-state index in [1.807, 2.05) is 13.8 Å². The molecular weight excluding hydrogens is 232 g/mol. The Hall–Kier alpha value is -0.300. The van der Waals surface area contributed by atoms with E-state index in [1.165, 1.54) is 11.8 Å². The van der Waals surface area contributed by atoms with Crippen LogP contribution in [0.2, 0.25) is 0 Å². The molecule has 0 unspecified atom stereocenters. The lowest BCUT2D eigenvalue weighted by molar-refractivity contribution is -0.119. The maximum atomic E-state index is 11.5. The average molecular weight is 248 g/mol. The molecule has 0 amide bonds. The van der Waals surface area contributed by atoms with Crippen LogP contribution in [-0.2, 0) is 9.53 Å². The van der Waals surface area contributed by atoms with Crippen molar-refractivity contribution in [1.82, 2.24) is 0 Å². The maximum absolute atomic E-state index is 11.5. The molecule has 0 rings (SSSR count). The van der Waals surface area contributed by atoms with Crippen molar-refractivity contribution in [2.75, 3.05) is 19.0 Å². The number of carbonyl (C=O) groups excluding carboxylic acids is 1. The molecule has 0 heterocycles. The predicted molar refractivity (Wildman–Crippen MR) is 68.0 cm³/mol. The fourth-order valence-corrected chi connectivity index (χ4v) is 1.86. The van der Waals surface area contributed by atoms with Crippen molar-refractivity contribution < 1.29 is 9.53 Å². The summed E-state index contributed by atoms with van der Waals surface area (Å²) in [5.41, 5.74) is 0.369. The summed E-state index contributed by atoms with van der Waals surface area (Å²) in [6.07, 6.45) is 0. The molecule has 0 bridgehead atoms. The van der Waals surface area contributed by atoms with Crippen LogP contribution in [0.5, 0.6) is 0 Å². The van der Waals surface area contributed by atoms with Crippen molar-refractivity contribution in [3.63, 3.8) is 0 Å². The number of nitrogens with two attached hydrogens (primary N) is 1. The summed E-state index contributed by atoms with van der Waals surface area (Å²) in [5, 5.41) is 5.81. The third-order valence-corrected chi connectivity index (χ3v) is 2.75. The molecule has 0 radical (unpaired) electrons. The highest BCUT2D eigenvalue weighted by atomic mass is 32.2. The minimum atomic E-state index is -0.148. The van der Waals surface area contributed by atoms with Gasteiger partial charge in [-0.2, -0.15) is 4.40 Å². The van der Waals surface area contributed by atoms with E-state index in [0.29, 0.717) is 17.2 Å². The van der Waals surface area contributed by atoms with Gasteiger partial charge in [-0.3, -0.25) is 9.93 Å². The molecule has 0 atom stereocenters. The summed E-state index contributed by atoms with van der Waals surface area (Å²) in [7, 11) is 0. The van der Waals surface area contributed by atoms with Gasteiger partial charge in [0.25, 0.3) is 0 Å². The van der Waals surface area contributed by atoms with Crippen molar-refractivity contribution >= 4 is 34.7 Å². The summed E-state index contributed by atoms with van der Waals surface area (Å²) < 4.78 is 8.95. The zero-order valence-electron chi connectivity index (χ0n) is 8.99. The zero-order chi connectivity index (χ0) is 11.7. The average Bonchev–Trinajstić information content (AvgIpc) is 2.24. The van der Waals surface area contributed by atoms with E-state index < -0.39 is 0 Å². The molecule has 2 N–H and O–H groups in total. The van der Waals surface area contributed by atoms with Gasteiger partial charge in [-0.1, -0.05) is 13.5 Å². The first-order chi connectivity index (χ1) is 7.17. The summed E-state index contributed by atoms with van der Waals surface area (Å²) in [4.78, 5) is 11.5. The first kappa shape index (κ1) is 14.7. The van der Waals surface area contributed by atoms with Crippen molar-refractivity contribution in [1.29, 1.82) is 0 Å². The first-order valence-corrected chi connectivity index (χ1v) is 6.36. The van der Waals surface area contributed by atoms with Gasteiger partial charge >= 0.3 is 0 Å². The number of rotatable bonds is 7. The molecule has 86 valence electrons. The summed E-state index contributed by atoms with van der Waals surface area (Å²) in [6.45, 7) is 8.07. The van der Waals surface area contributed by atoms with Crippen LogP contribution in [-0.4, -0.2) is 29.8 Å². The smallest absolute Gasteiger partial charge is 0.190 e. The van der Waals surface area contributed by atoms with E-state index in [9.17, 15) is 4.79 Å². The molecule has 0 aromatic heterocycles. The fraction of sp³-hybridized carbons (Fsp3) is 0.556. The van der Waals surface area contributed by atoms with Gasteiger partial charge in [0.15, 0.2) is 5.78 Å². The Labute approximate surface area is 99.0 Å². The number of Topliss-reactive ketones (excluding diaryl/α,β-unsaturated/α-hetero) is 1. The summed E-state index contributed by atoms with van der Waals surface area (Å²) in [6, 6.07) is 0. The number of hydrogen-bond acceptors (Lipinski definition) is 6. The van der Waals surface area contributed by atoms with Crippen LogP contribution in [0.1, 0.15) is 13.8 Å². The molecule has 0 aromatic carbocycles. The van der Waals surface area contributed by atoms with Crippen LogP contribution in [0.15, 0.2) is 16.5 Å². The quantitative estimate of drug-likeness (QED) is 0.322. The number of ketones is 1. The molecule has 0 aliphatic carbocycles. The molecule has 4 nitrogen and oxygen atoms in total. The Morgan fingerprint density at radius 2 is 2.20 bits per heavy atom. The number of thioether (sulfide) groups is 1. The molecule has 0 saturated heterocycles. The Morgan fingerprint density at radius 3 is 2.67 bits per heavy atom. The first-order valence-electron chi connectivity index (χ1n) is 4.54.